The average molecular weight is 347 g/mol. The maximum atomic E-state index is 13.1. The molecule has 1 atom stereocenters. The molecule has 4 nitrogen and oxygen atoms in total. The summed E-state index contributed by atoms with van der Waals surface area (Å²) in [6.07, 6.45) is 3.47. The molecule has 0 radical (unpaired) electrons. The van der Waals surface area contributed by atoms with Crippen molar-refractivity contribution in [1.29, 1.82) is 0 Å². The van der Waals surface area contributed by atoms with Gasteiger partial charge in [-0.3, -0.25) is 9.78 Å². The number of nitrogens with one attached hydrogen (secondary N) is 1. The highest BCUT2D eigenvalue weighted by atomic mass is 16.1. The van der Waals surface area contributed by atoms with Crippen molar-refractivity contribution in [2.24, 2.45) is 5.41 Å². The van der Waals surface area contributed by atoms with Crippen molar-refractivity contribution in [3.8, 4) is 11.3 Å². The molecule has 0 aliphatic heterocycles. The van der Waals surface area contributed by atoms with E-state index in [2.05, 4.69) is 31.1 Å². The third kappa shape index (κ3) is 3.74. The molecule has 0 spiro atoms. The van der Waals surface area contributed by atoms with Crippen LogP contribution in [-0.2, 0) is 0 Å². The first-order chi connectivity index (χ1) is 12.3. The summed E-state index contributed by atoms with van der Waals surface area (Å²) in [6, 6.07) is 11.7. The van der Waals surface area contributed by atoms with Crippen LogP contribution in [0.1, 0.15) is 43.6 Å². The monoisotopic (exact) mass is 347 g/mol. The lowest BCUT2D eigenvalue weighted by Crippen LogP contribution is -2.41. The van der Waals surface area contributed by atoms with Crippen molar-refractivity contribution >= 4 is 16.8 Å². The summed E-state index contributed by atoms with van der Waals surface area (Å²) < 4.78 is 0. The molecule has 1 aromatic carbocycles. The number of aryl methyl sites for hydroxylation is 1. The van der Waals surface area contributed by atoms with Gasteiger partial charge in [0.2, 0.25) is 0 Å². The van der Waals surface area contributed by atoms with E-state index in [4.69, 9.17) is 4.98 Å². The predicted octanol–water partition coefficient (Wildman–Crippen LogP) is 4.77. The number of carbonyl (C=O) groups excluding carboxylic acids is 1. The summed E-state index contributed by atoms with van der Waals surface area (Å²) in [4.78, 5) is 21.9. The molecular formula is C22H25N3O. The quantitative estimate of drug-likeness (QED) is 0.742. The van der Waals surface area contributed by atoms with Crippen LogP contribution in [0, 0.1) is 12.3 Å². The van der Waals surface area contributed by atoms with Crippen LogP contribution in [0.3, 0.4) is 0 Å². The Morgan fingerprint density at radius 3 is 2.42 bits per heavy atom. The fourth-order valence-corrected chi connectivity index (χ4v) is 2.69. The Kier molecular flexibility index (Phi) is 4.77. The molecule has 0 aliphatic rings. The fraction of sp³-hybridized carbons (Fsp3) is 0.318. The normalized spacial score (nSPS) is 12.8. The molecule has 0 saturated carbocycles. The summed E-state index contributed by atoms with van der Waals surface area (Å²) in [5, 5.41) is 4.02. The summed E-state index contributed by atoms with van der Waals surface area (Å²) in [6.45, 7) is 10.4. The molecule has 0 bridgehead atoms. The molecule has 4 heteroatoms. The van der Waals surface area contributed by atoms with E-state index >= 15 is 0 Å². The number of hydrogen-bond donors (Lipinski definition) is 1. The molecule has 3 rings (SSSR count). The lowest BCUT2D eigenvalue weighted by Gasteiger charge is -2.28. The third-order valence-electron chi connectivity index (χ3n) is 4.83. The zero-order valence-corrected chi connectivity index (χ0v) is 16.0. The van der Waals surface area contributed by atoms with Crippen LogP contribution in [0.4, 0.5) is 0 Å². The minimum absolute atomic E-state index is 0.0116. The number of benzene rings is 1. The molecule has 0 fully saturated rings. The first-order valence-electron chi connectivity index (χ1n) is 8.88. The average Bonchev–Trinajstić information content (AvgIpc) is 2.60. The van der Waals surface area contributed by atoms with E-state index in [1.165, 1.54) is 0 Å². The largest absolute Gasteiger partial charge is 0.349 e. The molecule has 1 N–H and O–H groups in total. The summed E-state index contributed by atoms with van der Waals surface area (Å²) in [7, 11) is 0. The van der Waals surface area contributed by atoms with Gasteiger partial charge in [-0.2, -0.15) is 0 Å². The smallest absolute Gasteiger partial charge is 0.252 e. The second-order valence-electron chi connectivity index (χ2n) is 7.87. The maximum Gasteiger partial charge on any atom is 0.252 e. The number of amides is 1. The fourth-order valence-electron chi connectivity index (χ4n) is 2.69. The third-order valence-corrected chi connectivity index (χ3v) is 4.83. The molecule has 3 aromatic rings. The van der Waals surface area contributed by atoms with Gasteiger partial charge in [-0.15, -0.1) is 0 Å². The van der Waals surface area contributed by atoms with Gasteiger partial charge in [0.15, 0.2) is 0 Å². The second-order valence-corrected chi connectivity index (χ2v) is 7.87. The van der Waals surface area contributed by atoms with Crippen molar-refractivity contribution in [3.63, 3.8) is 0 Å². The molecule has 0 unspecified atom stereocenters. The second kappa shape index (κ2) is 6.87. The molecule has 26 heavy (non-hydrogen) atoms. The minimum Gasteiger partial charge on any atom is -0.349 e. The van der Waals surface area contributed by atoms with Crippen LogP contribution in [0.15, 0.2) is 48.8 Å². The van der Waals surface area contributed by atoms with Crippen LogP contribution in [0.5, 0.6) is 0 Å². The van der Waals surface area contributed by atoms with Crippen molar-refractivity contribution in [2.45, 2.75) is 40.7 Å². The Morgan fingerprint density at radius 2 is 1.77 bits per heavy atom. The van der Waals surface area contributed by atoms with E-state index in [-0.39, 0.29) is 17.4 Å². The molecule has 2 aromatic heterocycles. The SMILES string of the molecule is Cc1ccc2nc(-c3ccncc3)cc(C(=O)N[C@H](C)C(C)(C)C)c2c1. The highest BCUT2D eigenvalue weighted by molar-refractivity contribution is 6.07. The molecule has 0 saturated heterocycles. The Hall–Kier alpha value is -2.75. The highest BCUT2D eigenvalue weighted by Crippen LogP contribution is 2.26. The molecule has 2 heterocycles. The van der Waals surface area contributed by atoms with Gasteiger partial charge >= 0.3 is 0 Å². The van der Waals surface area contributed by atoms with E-state index in [1.54, 1.807) is 12.4 Å². The standard InChI is InChI=1S/C22H25N3O/c1-14-6-7-19-17(12-14)18(21(26)24-15(2)22(3,4)5)13-20(25-19)16-8-10-23-11-9-16/h6-13,15H,1-5H3,(H,24,26)/t15-/m1/s1. The number of hydrogen-bond acceptors (Lipinski definition) is 3. The Morgan fingerprint density at radius 1 is 1.08 bits per heavy atom. The van der Waals surface area contributed by atoms with Crippen LogP contribution in [0.2, 0.25) is 0 Å². The number of fused-ring (bicyclic) bond motifs is 1. The van der Waals surface area contributed by atoms with Crippen molar-refractivity contribution in [3.05, 3.63) is 59.9 Å². The Balaban J connectivity index is 2.12. The van der Waals surface area contributed by atoms with Gasteiger partial charge in [0, 0.05) is 29.4 Å². The Bertz CT molecular complexity index is 943. The van der Waals surface area contributed by atoms with Gasteiger partial charge in [0.25, 0.3) is 5.91 Å². The van der Waals surface area contributed by atoms with E-state index in [1.807, 2.05) is 50.2 Å². The van der Waals surface area contributed by atoms with Crippen LogP contribution >= 0.6 is 0 Å². The summed E-state index contributed by atoms with van der Waals surface area (Å²) in [5.41, 5.74) is 4.29. The first-order valence-corrected chi connectivity index (χ1v) is 8.88. The van der Waals surface area contributed by atoms with Crippen LogP contribution in [0.25, 0.3) is 22.2 Å². The lowest BCUT2D eigenvalue weighted by molar-refractivity contribution is 0.0912. The van der Waals surface area contributed by atoms with Gasteiger partial charge < -0.3 is 5.32 Å². The summed E-state index contributed by atoms with van der Waals surface area (Å²) in [5.74, 6) is -0.0688. The minimum atomic E-state index is -0.0688. The molecule has 1 amide bonds. The van der Waals surface area contributed by atoms with Crippen LogP contribution in [-0.4, -0.2) is 21.9 Å². The van der Waals surface area contributed by atoms with Crippen molar-refractivity contribution < 1.29 is 4.79 Å². The van der Waals surface area contributed by atoms with Gasteiger partial charge in [-0.1, -0.05) is 32.4 Å². The van der Waals surface area contributed by atoms with Gasteiger partial charge in [-0.05, 0) is 49.6 Å². The van der Waals surface area contributed by atoms with Crippen LogP contribution < -0.4 is 5.32 Å². The zero-order chi connectivity index (χ0) is 18.9. The number of pyridine rings is 2. The molecule has 134 valence electrons. The van der Waals surface area contributed by atoms with E-state index in [0.29, 0.717) is 5.56 Å². The summed E-state index contributed by atoms with van der Waals surface area (Å²) >= 11 is 0. The van der Waals surface area contributed by atoms with Gasteiger partial charge in [-0.25, -0.2) is 4.98 Å². The zero-order valence-electron chi connectivity index (χ0n) is 16.0. The number of nitrogens with zero attached hydrogens (tertiary/aromatic N) is 2. The van der Waals surface area contributed by atoms with E-state index in [9.17, 15) is 4.79 Å². The van der Waals surface area contributed by atoms with Crippen molar-refractivity contribution in [1.82, 2.24) is 15.3 Å². The predicted molar refractivity (Wildman–Crippen MR) is 106 cm³/mol. The van der Waals surface area contributed by atoms with E-state index in [0.717, 1.165) is 27.7 Å². The highest BCUT2D eigenvalue weighted by Gasteiger charge is 2.23. The van der Waals surface area contributed by atoms with Gasteiger partial charge in [0.1, 0.15) is 0 Å². The lowest BCUT2D eigenvalue weighted by atomic mass is 9.88. The first kappa shape index (κ1) is 18.1. The topological polar surface area (TPSA) is 54.9 Å². The molecular weight excluding hydrogens is 322 g/mol. The van der Waals surface area contributed by atoms with E-state index < -0.39 is 0 Å². The number of carbonyl (C=O) groups is 1. The molecule has 0 aliphatic carbocycles. The van der Waals surface area contributed by atoms with Gasteiger partial charge in [0.05, 0.1) is 16.8 Å². The Labute approximate surface area is 154 Å². The number of rotatable bonds is 3. The number of aromatic nitrogens is 2. The maximum absolute atomic E-state index is 13.1. The van der Waals surface area contributed by atoms with Crippen molar-refractivity contribution in [2.75, 3.05) is 0 Å².